The van der Waals surface area contributed by atoms with Crippen LogP contribution < -0.4 is 4.31 Å². The highest BCUT2D eigenvalue weighted by Crippen LogP contribution is 2.28. The van der Waals surface area contributed by atoms with Crippen LogP contribution in [0.5, 0.6) is 0 Å². The number of nitrogens with zero attached hydrogens (tertiary/aromatic N) is 2. The van der Waals surface area contributed by atoms with E-state index in [1.165, 1.54) is 22.5 Å². The van der Waals surface area contributed by atoms with Crippen molar-refractivity contribution in [1.82, 2.24) is 0 Å². The van der Waals surface area contributed by atoms with Crippen molar-refractivity contribution in [3.63, 3.8) is 0 Å². The molecule has 0 unspecified atom stereocenters. The third-order valence-electron chi connectivity index (χ3n) is 3.57. The van der Waals surface area contributed by atoms with Crippen LogP contribution in [0, 0.1) is 24.0 Å². The Balaban J connectivity index is 2.60. The number of hydrogen-bond donors (Lipinski definition) is 0. The second-order valence-corrected chi connectivity index (χ2v) is 7.20. The van der Waals surface area contributed by atoms with E-state index >= 15 is 0 Å². The predicted octanol–water partition coefficient (Wildman–Crippen LogP) is 3.59. The zero-order chi connectivity index (χ0) is 17.9. The molecule has 126 valence electrons. The minimum Gasteiger partial charge on any atom is -0.263 e. The van der Waals surface area contributed by atoms with Gasteiger partial charge in [-0.05, 0) is 31.5 Å². The van der Waals surface area contributed by atoms with Crippen LogP contribution in [0.15, 0.2) is 60.0 Å². The van der Waals surface area contributed by atoms with Crippen molar-refractivity contribution in [2.24, 2.45) is 0 Å². The fraction of sp³-hybridized carbons (Fsp3) is 0.176. The van der Waals surface area contributed by atoms with E-state index in [1.54, 1.807) is 31.2 Å². The molecular weight excluding hydrogens is 328 g/mol. The largest absolute Gasteiger partial charge is 0.270 e. The molecule has 24 heavy (non-hydrogen) atoms. The first kappa shape index (κ1) is 17.7. The van der Waals surface area contributed by atoms with Crippen LogP contribution in [-0.2, 0) is 10.0 Å². The molecule has 0 amide bonds. The van der Waals surface area contributed by atoms with Crippen LogP contribution in [0.1, 0.15) is 11.1 Å². The van der Waals surface area contributed by atoms with Crippen LogP contribution in [0.4, 0.5) is 11.4 Å². The van der Waals surface area contributed by atoms with E-state index in [1.807, 2.05) is 6.92 Å². The van der Waals surface area contributed by atoms with Crippen molar-refractivity contribution in [3.05, 3.63) is 76.4 Å². The maximum Gasteiger partial charge on any atom is 0.270 e. The highest BCUT2D eigenvalue weighted by molar-refractivity contribution is 7.92. The van der Waals surface area contributed by atoms with Crippen molar-refractivity contribution in [1.29, 1.82) is 0 Å². The molecule has 7 heteroatoms. The molecule has 0 saturated carbocycles. The van der Waals surface area contributed by atoms with Crippen LogP contribution >= 0.6 is 0 Å². The minimum atomic E-state index is -3.96. The maximum atomic E-state index is 13.1. The van der Waals surface area contributed by atoms with Crippen molar-refractivity contribution in [2.75, 3.05) is 10.8 Å². The second kappa shape index (κ2) is 6.84. The lowest BCUT2D eigenvalue weighted by Gasteiger charge is -2.24. The Morgan fingerprint density at radius 3 is 2.33 bits per heavy atom. The highest BCUT2D eigenvalue weighted by Gasteiger charge is 2.27. The van der Waals surface area contributed by atoms with Gasteiger partial charge in [0.1, 0.15) is 0 Å². The fourth-order valence-corrected chi connectivity index (χ4v) is 3.95. The van der Waals surface area contributed by atoms with E-state index in [0.717, 1.165) is 11.6 Å². The van der Waals surface area contributed by atoms with E-state index < -0.39 is 14.9 Å². The molecular formula is C17H18N2O4S. The number of non-ortho nitro benzene ring substituents is 1. The van der Waals surface area contributed by atoms with E-state index in [-0.39, 0.29) is 17.1 Å². The van der Waals surface area contributed by atoms with Crippen LogP contribution in [0.25, 0.3) is 0 Å². The average molecular weight is 346 g/mol. The van der Waals surface area contributed by atoms with Gasteiger partial charge in [-0.25, -0.2) is 8.42 Å². The standard InChI is InChI=1S/C17H18N2O4S/c1-4-11-18(15-8-5-13(2)6-9-15)24(22,23)17-12-16(19(20)21)10-7-14(17)3/h4-10,12H,1,11H2,2-3H3. The Morgan fingerprint density at radius 2 is 1.79 bits per heavy atom. The second-order valence-electron chi connectivity index (χ2n) is 5.37. The summed E-state index contributed by atoms with van der Waals surface area (Å²) in [7, 11) is -3.96. The summed E-state index contributed by atoms with van der Waals surface area (Å²) in [4.78, 5) is 10.3. The van der Waals surface area contributed by atoms with Crippen molar-refractivity contribution in [2.45, 2.75) is 18.7 Å². The number of benzene rings is 2. The van der Waals surface area contributed by atoms with Gasteiger partial charge in [-0.3, -0.25) is 14.4 Å². The summed E-state index contributed by atoms with van der Waals surface area (Å²) in [5.41, 5.74) is 1.66. The quantitative estimate of drug-likeness (QED) is 0.455. The van der Waals surface area contributed by atoms with Gasteiger partial charge in [0.05, 0.1) is 22.1 Å². The van der Waals surface area contributed by atoms with Crippen LogP contribution in [0.2, 0.25) is 0 Å². The summed E-state index contributed by atoms with van der Waals surface area (Å²) >= 11 is 0. The molecule has 0 aliphatic rings. The van der Waals surface area contributed by atoms with Gasteiger partial charge in [-0.1, -0.05) is 29.8 Å². The van der Waals surface area contributed by atoms with E-state index in [2.05, 4.69) is 6.58 Å². The number of aryl methyl sites for hydroxylation is 2. The molecule has 0 radical (unpaired) electrons. The van der Waals surface area contributed by atoms with Gasteiger partial charge in [-0.2, -0.15) is 0 Å². The lowest BCUT2D eigenvalue weighted by molar-refractivity contribution is -0.385. The topological polar surface area (TPSA) is 80.5 Å². The molecule has 0 saturated heterocycles. The minimum absolute atomic E-state index is 0.0630. The van der Waals surface area contributed by atoms with Crippen molar-refractivity contribution in [3.8, 4) is 0 Å². The Labute approximate surface area is 141 Å². The van der Waals surface area contributed by atoms with Crippen molar-refractivity contribution >= 4 is 21.4 Å². The van der Waals surface area contributed by atoms with E-state index in [0.29, 0.717) is 11.3 Å². The smallest absolute Gasteiger partial charge is 0.263 e. The summed E-state index contributed by atoms with van der Waals surface area (Å²) in [5.74, 6) is 0. The summed E-state index contributed by atoms with van der Waals surface area (Å²) in [6.45, 7) is 7.18. The molecule has 6 nitrogen and oxygen atoms in total. The Morgan fingerprint density at radius 1 is 1.17 bits per heavy atom. The molecule has 2 aromatic rings. The first-order valence-corrected chi connectivity index (χ1v) is 8.66. The maximum absolute atomic E-state index is 13.1. The van der Waals surface area contributed by atoms with Gasteiger partial charge in [0.2, 0.25) is 0 Å². The van der Waals surface area contributed by atoms with Gasteiger partial charge in [0.15, 0.2) is 0 Å². The van der Waals surface area contributed by atoms with E-state index in [9.17, 15) is 18.5 Å². The average Bonchev–Trinajstić information content (AvgIpc) is 2.53. The third-order valence-corrected chi connectivity index (χ3v) is 5.50. The molecule has 0 aromatic heterocycles. The first-order valence-electron chi connectivity index (χ1n) is 7.22. The van der Waals surface area contributed by atoms with Gasteiger partial charge in [-0.15, -0.1) is 6.58 Å². The fourth-order valence-electron chi connectivity index (χ4n) is 2.27. The SMILES string of the molecule is C=CCN(c1ccc(C)cc1)S(=O)(=O)c1cc([N+](=O)[O-])ccc1C. The number of nitro groups is 1. The Bertz CT molecular complexity index is 874. The molecule has 2 rings (SSSR count). The highest BCUT2D eigenvalue weighted by atomic mass is 32.2. The van der Waals surface area contributed by atoms with Gasteiger partial charge in [0.25, 0.3) is 15.7 Å². The Kier molecular flexibility index (Phi) is 5.04. The molecule has 0 atom stereocenters. The molecule has 0 bridgehead atoms. The summed E-state index contributed by atoms with van der Waals surface area (Å²) in [6, 6.07) is 10.8. The molecule has 0 aliphatic carbocycles. The number of nitro benzene ring substituents is 1. The molecule has 0 fully saturated rings. The third kappa shape index (κ3) is 3.46. The lowest BCUT2D eigenvalue weighted by atomic mass is 10.2. The Hall–Kier alpha value is -2.67. The summed E-state index contributed by atoms with van der Waals surface area (Å²) in [6.07, 6.45) is 1.48. The van der Waals surface area contributed by atoms with Gasteiger partial charge >= 0.3 is 0 Å². The summed E-state index contributed by atoms with van der Waals surface area (Å²) < 4.78 is 27.3. The molecule has 0 spiro atoms. The van der Waals surface area contributed by atoms with Crippen molar-refractivity contribution < 1.29 is 13.3 Å². The molecule has 2 aromatic carbocycles. The lowest BCUT2D eigenvalue weighted by Crippen LogP contribution is -2.31. The molecule has 0 aliphatic heterocycles. The summed E-state index contributed by atoms with van der Waals surface area (Å²) in [5, 5.41) is 11.0. The van der Waals surface area contributed by atoms with Gasteiger partial charge in [0, 0.05) is 12.1 Å². The van der Waals surface area contributed by atoms with Crippen LogP contribution in [0.3, 0.4) is 0 Å². The zero-order valence-corrected chi connectivity index (χ0v) is 14.3. The zero-order valence-electron chi connectivity index (χ0n) is 13.5. The predicted molar refractivity (Wildman–Crippen MR) is 93.7 cm³/mol. The molecule has 0 N–H and O–H groups in total. The van der Waals surface area contributed by atoms with Gasteiger partial charge < -0.3 is 0 Å². The normalized spacial score (nSPS) is 11.1. The number of anilines is 1. The van der Waals surface area contributed by atoms with Crippen LogP contribution in [-0.4, -0.2) is 19.9 Å². The monoisotopic (exact) mass is 346 g/mol. The molecule has 0 heterocycles. The van der Waals surface area contributed by atoms with E-state index in [4.69, 9.17) is 0 Å². The number of rotatable bonds is 6. The number of sulfonamides is 1. The number of hydrogen-bond acceptors (Lipinski definition) is 4. The first-order chi connectivity index (χ1) is 11.3.